The van der Waals surface area contributed by atoms with Crippen molar-refractivity contribution in [3.8, 4) is 23.1 Å². The van der Waals surface area contributed by atoms with Gasteiger partial charge < -0.3 is 10.5 Å². The number of halogens is 2. The molecule has 2 aromatic heterocycles. The van der Waals surface area contributed by atoms with Crippen LogP contribution in [0.25, 0.3) is 17.2 Å². The van der Waals surface area contributed by atoms with Crippen molar-refractivity contribution in [2.45, 2.75) is 18.4 Å². The summed E-state index contributed by atoms with van der Waals surface area (Å²) in [6.07, 6.45) is 1.71. The molecule has 2 N–H and O–H groups in total. The quantitative estimate of drug-likeness (QED) is 0.671. The van der Waals surface area contributed by atoms with Crippen molar-refractivity contribution in [1.29, 1.82) is 0 Å². The highest BCUT2D eigenvalue weighted by molar-refractivity contribution is 9.10. The molecule has 9 nitrogen and oxygen atoms in total. The Morgan fingerprint density at radius 1 is 1.36 bits per heavy atom. The minimum absolute atomic E-state index is 0.0154. The molecule has 0 spiro atoms. The van der Waals surface area contributed by atoms with Crippen molar-refractivity contribution in [2.75, 3.05) is 6.61 Å². The van der Waals surface area contributed by atoms with Crippen molar-refractivity contribution < 1.29 is 18.3 Å². The van der Waals surface area contributed by atoms with E-state index in [-0.39, 0.29) is 34.0 Å². The molecule has 1 aromatic carbocycles. The van der Waals surface area contributed by atoms with E-state index in [2.05, 4.69) is 31.4 Å². The van der Waals surface area contributed by atoms with Crippen LogP contribution in [-0.2, 0) is 0 Å². The topological polar surface area (TPSA) is 122 Å². The summed E-state index contributed by atoms with van der Waals surface area (Å²) in [6.45, 7) is 0.235. The van der Waals surface area contributed by atoms with Gasteiger partial charge in [0.05, 0.1) is 15.7 Å². The van der Waals surface area contributed by atoms with Crippen LogP contribution in [0.3, 0.4) is 0 Å². The fourth-order valence-corrected chi connectivity index (χ4v) is 2.55. The highest BCUT2D eigenvalue weighted by Gasteiger charge is 2.40. The number of aromatic nitrogens is 4. The molecule has 3 aromatic rings. The fraction of sp³-hybridized carbons (Fsp3) is 0.286. The van der Waals surface area contributed by atoms with Crippen molar-refractivity contribution >= 4 is 15.9 Å². The van der Waals surface area contributed by atoms with E-state index in [0.717, 1.165) is 17.4 Å². The first kappa shape index (κ1) is 16.0. The van der Waals surface area contributed by atoms with Crippen molar-refractivity contribution in [2.24, 2.45) is 5.73 Å². The molecule has 0 aliphatic heterocycles. The number of ether oxygens (including phenoxy) is 1. The molecular weight excluding hydrogens is 401 g/mol. The zero-order valence-electron chi connectivity index (χ0n) is 12.6. The predicted octanol–water partition coefficient (Wildman–Crippen LogP) is 1.65. The Balaban J connectivity index is 1.74. The van der Waals surface area contributed by atoms with Gasteiger partial charge in [-0.2, -0.15) is 0 Å². The predicted molar refractivity (Wildman–Crippen MR) is 84.7 cm³/mol. The van der Waals surface area contributed by atoms with Gasteiger partial charge in [-0.1, -0.05) is 5.16 Å². The summed E-state index contributed by atoms with van der Waals surface area (Å²) >= 11 is 3.07. The molecule has 0 amide bonds. The second kappa shape index (κ2) is 5.77. The van der Waals surface area contributed by atoms with Gasteiger partial charge in [-0.15, -0.1) is 0 Å². The van der Waals surface area contributed by atoms with E-state index >= 15 is 0 Å². The molecule has 1 saturated carbocycles. The van der Waals surface area contributed by atoms with Crippen LogP contribution in [0.15, 0.2) is 36.6 Å². The Morgan fingerprint density at radius 2 is 2.16 bits per heavy atom. The molecular formula is C14H11BrFN5O4. The van der Waals surface area contributed by atoms with Gasteiger partial charge in [0.1, 0.15) is 12.4 Å². The van der Waals surface area contributed by atoms with Gasteiger partial charge in [0, 0.05) is 0 Å². The van der Waals surface area contributed by atoms with E-state index in [1.165, 1.54) is 18.2 Å². The first-order valence-corrected chi connectivity index (χ1v) is 8.05. The van der Waals surface area contributed by atoms with Gasteiger partial charge in [0.15, 0.2) is 0 Å². The first-order valence-electron chi connectivity index (χ1n) is 7.26. The lowest BCUT2D eigenvalue weighted by Gasteiger charge is -2.09. The molecule has 2 heterocycles. The maximum absolute atomic E-state index is 13.5. The van der Waals surface area contributed by atoms with Crippen molar-refractivity contribution in [1.82, 2.24) is 20.0 Å². The van der Waals surface area contributed by atoms with Gasteiger partial charge in [-0.25, -0.2) is 18.4 Å². The molecule has 11 heteroatoms. The van der Waals surface area contributed by atoms with Crippen LogP contribution in [0.4, 0.5) is 4.39 Å². The van der Waals surface area contributed by atoms with Crippen LogP contribution in [0.5, 0.6) is 5.88 Å². The number of hydrogen-bond donors (Lipinski definition) is 1. The number of benzene rings is 1. The largest absolute Gasteiger partial charge is 0.472 e. The van der Waals surface area contributed by atoms with E-state index < -0.39 is 11.6 Å². The van der Waals surface area contributed by atoms with E-state index in [0.29, 0.717) is 5.69 Å². The Hall–Kier alpha value is -2.53. The average molecular weight is 412 g/mol. The molecule has 4 rings (SSSR count). The highest BCUT2D eigenvalue weighted by Crippen LogP contribution is 2.34. The summed E-state index contributed by atoms with van der Waals surface area (Å²) in [7, 11) is 0. The monoisotopic (exact) mass is 411 g/mol. The summed E-state index contributed by atoms with van der Waals surface area (Å²) < 4.78 is 29.7. The van der Waals surface area contributed by atoms with Gasteiger partial charge in [0.25, 0.3) is 5.88 Å². The summed E-state index contributed by atoms with van der Waals surface area (Å²) in [6, 6.07) is 4.01. The van der Waals surface area contributed by atoms with E-state index in [9.17, 15) is 9.18 Å². The molecule has 0 radical (unpaired) electrons. The molecule has 0 atom stereocenters. The maximum atomic E-state index is 13.5. The minimum atomic E-state index is -0.778. The van der Waals surface area contributed by atoms with Crippen LogP contribution >= 0.6 is 15.9 Å². The van der Waals surface area contributed by atoms with Gasteiger partial charge in [-0.3, -0.25) is 4.52 Å². The van der Waals surface area contributed by atoms with E-state index in [1.54, 1.807) is 0 Å². The zero-order chi connectivity index (χ0) is 17.6. The average Bonchev–Trinajstić information content (AvgIpc) is 2.98. The van der Waals surface area contributed by atoms with Gasteiger partial charge in [-0.05, 0) is 57.3 Å². The molecule has 0 saturated heterocycles. The molecule has 1 aliphatic rings. The third kappa shape index (κ3) is 2.96. The summed E-state index contributed by atoms with van der Waals surface area (Å²) in [5.41, 5.74) is 6.00. The zero-order valence-corrected chi connectivity index (χ0v) is 14.2. The van der Waals surface area contributed by atoms with Crippen LogP contribution in [0.1, 0.15) is 12.8 Å². The number of nitrogens with zero attached hydrogens (tertiary/aromatic N) is 4. The standard InChI is InChI=1S/C14H11BrFN5O4/c15-8-5-7(1-2-9(8)16)21-11(19-24-13(21)22)10-12(20-25-18-10)23-6-14(17)3-4-14/h1-2,5H,3-4,6,17H2. The van der Waals surface area contributed by atoms with Crippen molar-refractivity contribution in [3.63, 3.8) is 0 Å². The van der Waals surface area contributed by atoms with Crippen LogP contribution < -0.4 is 16.2 Å². The second-order valence-electron chi connectivity index (χ2n) is 5.77. The Labute approximate surface area is 147 Å². The number of nitrogens with two attached hydrogens (primary N) is 1. The van der Waals surface area contributed by atoms with Gasteiger partial charge in [0.2, 0.25) is 11.5 Å². The SMILES string of the molecule is NC1(COc2nonc2-c2noc(=O)n2-c2ccc(F)c(Br)c2)CC1. The molecule has 0 bridgehead atoms. The third-order valence-corrected chi connectivity index (χ3v) is 4.43. The second-order valence-corrected chi connectivity index (χ2v) is 6.63. The van der Waals surface area contributed by atoms with Gasteiger partial charge >= 0.3 is 5.76 Å². The Kier molecular flexibility index (Phi) is 3.69. The smallest absolute Gasteiger partial charge is 0.446 e. The van der Waals surface area contributed by atoms with E-state index in [1.807, 2.05) is 0 Å². The lowest BCUT2D eigenvalue weighted by atomic mass is 10.3. The third-order valence-electron chi connectivity index (χ3n) is 3.82. The van der Waals surface area contributed by atoms with Crippen LogP contribution in [-0.4, -0.2) is 32.2 Å². The Morgan fingerprint density at radius 3 is 2.88 bits per heavy atom. The molecule has 25 heavy (non-hydrogen) atoms. The first-order chi connectivity index (χ1) is 12.0. The maximum Gasteiger partial charge on any atom is 0.446 e. The molecule has 1 aliphatic carbocycles. The number of hydrogen-bond acceptors (Lipinski definition) is 8. The fourth-order valence-electron chi connectivity index (χ4n) is 2.18. The lowest BCUT2D eigenvalue weighted by Crippen LogP contribution is -2.30. The highest BCUT2D eigenvalue weighted by atomic mass is 79.9. The van der Waals surface area contributed by atoms with Crippen molar-refractivity contribution in [3.05, 3.63) is 39.0 Å². The van der Waals surface area contributed by atoms with Crippen LogP contribution in [0.2, 0.25) is 0 Å². The molecule has 130 valence electrons. The minimum Gasteiger partial charge on any atom is -0.472 e. The Bertz CT molecular complexity index is 993. The summed E-state index contributed by atoms with van der Waals surface area (Å²) in [5.74, 6) is -1.19. The molecule has 1 fully saturated rings. The number of rotatable bonds is 5. The lowest BCUT2D eigenvalue weighted by molar-refractivity contribution is 0.237. The summed E-state index contributed by atoms with van der Waals surface area (Å²) in [5, 5.41) is 11.1. The molecule has 0 unspecified atom stereocenters. The van der Waals surface area contributed by atoms with Crippen LogP contribution in [0, 0.1) is 5.82 Å². The van der Waals surface area contributed by atoms with E-state index in [4.69, 9.17) is 19.6 Å². The summed E-state index contributed by atoms with van der Waals surface area (Å²) in [4.78, 5) is 12.1. The normalized spacial score (nSPS) is 15.3.